The molecule has 0 bridgehead atoms. The lowest BCUT2D eigenvalue weighted by Gasteiger charge is -2.25. The van der Waals surface area contributed by atoms with E-state index in [1.165, 1.54) is 5.56 Å². The maximum absolute atomic E-state index is 13.1. The van der Waals surface area contributed by atoms with Gasteiger partial charge in [0.2, 0.25) is 0 Å². The van der Waals surface area contributed by atoms with Gasteiger partial charge in [-0.15, -0.1) is 0 Å². The Hall–Kier alpha value is -0.930. The van der Waals surface area contributed by atoms with Gasteiger partial charge < -0.3 is 10.1 Å². The van der Waals surface area contributed by atoms with Crippen LogP contribution >= 0.6 is 0 Å². The second-order valence-corrected chi connectivity index (χ2v) is 7.09. The van der Waals surface area contributed by atoms with Gasteiger partial charge in [0.25, 0.3) is 0 Å². The van der Waals surface area contributed by atoms with Gasteiger partial charge in [-0.05, 0) is 56.7 Å². The normalized spacial score (nSPS) is 22.7. The highest BCUT2D eigenvalue weighted by Gasteiger charge is 2.33. The maximum atomic E-state index is 13.1. The van der Waals surface area contributed by atoms with Crippen LogP contribution in [0.3, 0.4) is 0 Å². The van der Waals surface area contributed by atoms with Crippen molar-refractivity contribution in [2.24, 2.45) is 0 Å². The molecule has 1 heterocycles. The molecule has 1 saturated heterocycles. The molecule has 2 nitrogen and oxygen atoms in total. The van der Waals surface area contributed by atoms with Gasteiger partial charge in [0.15, 0.2) is 0 Å². The van der Waals surface area contributed by atoms with Crippen molar-refractivity contribution in [3.8, 4) is 0 Å². The second-order valence-electron chi connectivity index (χ2n) is 7.09. The summed E-state index contributed by atoms with van der Waals surface area (Å²) >= 11 is 0. The molecule has 0 aliphatic carbocycles. The average Bonchev–Trinajstić information content (AvgIpc) is 2.75. The number of benzene rings is 1. The highest BCUT2D eigenvalue weighted by molar-refractivity contribution is 5.21. The lowest BCUT2D eigenvalue weighted by molar-refractivity contribution is -0.0209. The molecular formula is C18H28FNO. The molecule has 3 heteroatoms. The van der Waals surface area contributed by atoms with E-state index in [0.717, 1.165) is 25.8 Å². The first kappa shape index (κ1) is 16.4. The number of ether oxygens (including phenoxy) is 1. The van der Waals surface area contributed by atoms with Crippen molar-refractivity contribution in [3.05, 3.63) is 35.6 Å². The molecule has 1 aliphatic rings. The van der Waals surface area contributed by atoms with Crippen LogP contribution in [-0.2, 0) is 4.74 Å². The monoisotopic (exact) mass is 293 g/mol. The van der Waals surface area contributed by atoms with E-state index in [-0.39, 0.29) is 11.4 Å². The predicted molar refractivity (Wildman–Crippen MR) is 85.1 cm³/mol. The van der Waals surface area contributed by atoms with Gasteiger partial charge in [0.1, 0.15) is 5.82 Å². The standard InChI is InChI=1S/C18H28FNO/c1-13(2)20-12-15(14-5-7-16(19)8-6-14)11-17-9-10-18(3,4)21-17/h5-8,13,15,17,20H,9-12H2,1-4H3. The van der Waals surface area contributed by atoms with Gasteiger partial charge in [-0.1, -0.05) is 26.0 Å². The van der Waals surface area contributed by atoms with E-state index >= 15 is 0 Å². The zero-order valence-electron chi connectivity index (χ0n) is 13.7. The molecule has 0 saturated carbocycles. The fourth-order valence-corrected chi connectivity index (χ4v) is 3.01. The van der Waals surface area contributed by atoms with Crippen LogP contribution in [-0.4, -0.2) is 24.3 Å². The van der Waals surface area contributed by atoms with Gasteiger partial charge in [0, 0.05) is 12.6 Å². The summed E-state index contributed by atoms with van der Waals surface area (Å²) in [5, 5.41) is 3.50. The van der Waals surface area contributed by atoms with E-state index < -0.39 is 0 Å². The molecule has 1 fully saturated rings. The van der Waals surface area contributed by atoms with Crippen molar-refractivity contribution in [1.29, 1.82) is 0 Å². The molecule has 2 rings (SSSR count). The van der Waals surface area contributed by atoms with E-state index in [1.54, 1.807) is 12.1 Å². The molecule has 1 N–H and O–H groups in total. The van der Waals surface area contributed by atoms with Crippen molar-refractivity contribution >= 4 is 0 Å². The molecule has 2 atom stereocenters. The molecular weight excluding hydrogens is 265 g/mol. The average molecular weight is 293 g/mol. The minimum absolute atomic E-state index is 0.00346. The fraction of sp³-hybridized carbons (Fsp3) is 0.667. The molecule has 0 radical (unpaired) electrons. The topological polar surface area (TPSA) is 21.3 Å². The van der Waals surface area contributed by atoms with Crippen molar-refractivity contribution < 1.29 is 9.13 Å². The predicted octanol–water partition coefficient (Wildman–Crippen LogP) is 4.26. The van der Waals surface area contributed by atoms with Crippen molar-refractivity contribution in [3.63, 3.8) is 0 Å². The Kier molecular flexibility index (Phi) is 5.39. The van der Waals surface area contributed by atoms with Crippen LogP contribution in [0.15, 0.2) is 24.3 Å². The number of nitrogens with one attached hydrogen (secondary N) is 1. The molecule has 0 spiro atoms. The molecule has 118 valence electrons. The van der Waals surface area contributed by atoms with E-state index in [4.69, 9.17) is 4.74 Å². The van der Waals surface area contributed by atoms with Crippen LogP contribution in [0.2, 0.25) is 0 Å². The summed E-state index contributed by atoms with van der Waals surface area (Å²) in [6.07, 6.45) is 3.54. The quantitative estimate of drug-likeness (QED) is 0.846. The molecule has 2 unspecified atom stereocenters. The third-order valence-corrected chi connectivity index (χ3v) is 4.22. The third-order valence-electron chi connectivity index (χ3n) is 4.22. The molecule has 0 amide bonds. The Bertz CT molecular complexity index is 441. The maximum Gasteiger partial charge on any atom is 0.123 e. The molecule has 1 aromatic carbocycles. The number of rotatable bonds is 6. The van der Waals surface area contributed by atoms with Gasteiger partial charge in [-0.2, -0.15) is 0 Å². The summed E-state index contributed by atoms with van der Waals surface area (Å²) in [4.78, 5) is 0. The summed E-state index contributed by atoms with van der Waals surface area (Å²) < 4.78 is 19.3. The van der Waals surface area contributed by atoms with Gasteiger partial charge in [-0.25, -0.2) is 4.39 Å². The van der Waals surface area contributed by atoms with Crippen molar-refractivity contribution in [1.82, 2.24) is 5.32 Å². The Labute approximate surface area is 128 Å². The third kappa shape index (κ3) is 5.08. The Balaban J connectivity index is 2.03. The van der Waals surface area contributed by atoms with Crippen LogP contribution in [0.5, 0.6) is 0 Å². The van der Waals surface area contributed by atoms with Crippen LogP contribution in [0.1, 0.15) is 58.4 Å². The molecule has 1 aromatic rings. The first-order chi connectivity index (χ1) is 9.85. The van der Waals surface area contributed by atoms with Crippen LogP contribution in [0.4, 0.5) is 4.39 Å². The van der Waals surface area contributed by atoms with E-state index in [1.807, 2.05) is 12.1 Å². The van der Waals surface area contributed by atoms with Crippen LogP contribution in [0, 0.1) is 5.82 Å². The first-order valence-corrected chi connectivity index (χ1v) is 8.02. The van der Waals surface area contributed by atoms with Gasteiger partial charge >= 0.3 is 0 Å². The van der Waals surface area contributed by atoms with E-state index in [9.17, 15) is 4.39 Å². The summed E-state index contributed by atoms with van der Waals surface area (Å²) in [7, 11) is 0. The zero-order valence-corrected chi connectivity index (χ0v) is 13.7. The minimum atomic E-state index is -0.174. The fourth-order valence-electron chi connectivity index (χ4n) is 3.01. The summed E-state index contributed by atoms with van der Waals surface area (Å²) in [6, 6.07) is 7.37. The second kappa shape index (κ2) is 6.89. The highest BCUT2D eigenvalue weighted by Crippen LogP contribution is 2.34. The van der Waals surface area contributed by atoms with Crippen molar-refractivity contribution in [2.75, 3.05) is 6.54 Å². The number of hydrogen-bond acceptors (Lipinski definition) is 2. The van der Waals surface area contributed by atoms with Gasteiger partial charge in [0.05, 0.1) is 11.7 Å². The molecule has 0 aromatic heterocycles. The molecule has 1 aliphatic heterocycles. The van der Waals surface area contributed by atoms with E-state index in [0.29, 0.717) is 18.1 Å². The summed E-state index contributed by atoms with van der Waals surface area (Å²) in [5.41, 5.74) is 1.20. The van der Waals surface area contributed by atoms with Gasteiger partial charge in [-0.3, -0.25) is 0 Å². The SMILES string of the molecule is CC(C)NCC(CC1CCC(C)(C)O1)c1ccc(F)cc1. The lowest BCUT2D eigenvalue weighted by Crippen LogP contribution is -2.30. The van der Waals surface area contributed by atoms with E-state index in [2.05, 4.69) is 33.0 Å². The summed E-state index contributed by atoms with van der Waals surface area (Å²) in [6.45, 7) is 9.52. The minimum Gasteiger partial charge on any atom is -0.372 e. The zero-order chi connectivity index (χ0) is 15.5. The smallest absolute Gasteiger partial charge is 0.123 e. The Morgan fingerprint density at radius 3 is 2.48 bits per heavy atom. The first-order valence-electron chi connectivity index (χ1n) is 8.02. The largest absolute Gasteiger partial charge is 0.372 e. The molecule has 21 heavy (non-hydrogen) atoms. The van der Waals surface area contributed by atoms with Crippen LogP contribution in [0.25, 0.3) is 0 Å². The summed E-state index contributed by atoms with van der Waals surface area (Å²) in [5.74, 6) is 0.194. The number of hydrogen-bond donors (Lipinski definition) is 1. The highest BCUT2D eigenvalue weighted by atomic mass is 19.1. The number of halogens is 1. The lowest BCUT2D eigenvalue weighted by atomic mass is 9.91. The Morgan fingerprint density at radius 1 is 1.29 bits per heavy atom. The van der Waals surface area contributed by atoms with Crippen LogP contribution < -0.4 is 5.32 Å². The van der Waals surface area contributed by atoms with Crippen molar-refractivity contribution in [2.45, 2.75) is 70.6 Å². The Morgan fingerprint density at radius 2 is 1.95 bits per heavy atom.